The third-order valence-electron chi connectivity index (χ3n) is 3.89. The van der Waals surface area contributed by atoms with Crippen molar-refractivity contribution >= 4 is 40.9 Å². The summed E-state index contributed by atoms with van der Waals surface area (Å²) in [6, 6.07) is 12.1. The van der Waals surface area contributed by atoms with Crippen LogP contribution in [0.1, 0.15) is 23.2 Å². The summed E-state index contributed by atoms with van der Waals surface area (Å²) >= 11 is 11.6. The Morgan fingerprint density at radius 3 is 2.14 bits per heavy atom. The molecule has 7 nitrogen and oxygen atoms in total. The minimum absolute atomic E-state index is 0.0414. The van der Waals surface area contributed by atoms with E-state index in [-0.39, 0.29) is 26.0 Å². The second-order valence-electron chi connectivity index (χ2n) is 6.13. The molecule has 4 N–H and O–H groups in total. The van der Waals surface area contributed by atoms with Crippen LogP contribution in [0.15, 0.2) is 48.5 Å². The van der Waals surface area contributed by atoms with Gasteiger partial charge in [0.25, 0.3) is 5.91 Å². The zero-order valence-electron chi connectivity index (χ0n) is 15.5. The number of ether oxygens (including phenoxy) is 1. The van der Waals surface area contributed by atoms with Crippen molar-refractivity contribution in [3.05, 3.63) is 64.1 Å². The topological polar surface area (TPSA) is 111 Å². The molecule has 2 rings (SSSR count). The van der Waals surface area contributed by atoms with Gasteiger partial charge in [0.2, 0.25) is 11.8 Å². The van der Waals surface area contributed by atoms with Crippen molar-refractivity contribution in [1.29, 1.82) is 0 Å². The number of rotatable bonds is 10. The number of carbonyl (C=O) groups is 3. The van der Waals surface area contributed by atoms with Gasteiger partial charge in [-0.3, -0.25) is 14.4 Å². The zero-order valence-corrected chi connectivity index (χ0v) is 17.0. The van der Waals surface area contributed by atoms with Gasteiger partial charge >= 0.3 is 0 Å². The molecule has 0 saturated carbocycles. The van der Waals surface area contributed by atoms with Crippen LogP contribution < -0.4 is 21.1 Å². The first kappa shape index (κ1) is 22.5. The summed E-state index contributed by atoms with van der Waals surface area (Å²) in [5.74, 6) is -0.837. The van der Waals surface area contributed by atoms with Crippen LogP contribution in [-0.4, -0.2) is 36.9 Å². The Balaban J connectivity index is 1.88. The van der Waals surface area contributed by atoms with Gasteiger partial charge in [0.1, 0.15) is 18.4 Å². The number of nitrogens with two attached hydrogens (primary N) is 1. The largest absolute Gasteiger partial charge is 0.492 e. The number of primary amides is 1. The van der Waals surface area contributed by atoms with Crippen molar-refractivity contribution < 1.29 is 19.1 Å². The molecule has 0 heterocycles. The molecule has 0 spiro atoms. The highest BCUT2D eigenvalue weighted by molar-refractivity contribution is 6.30. The Bertz CT molecular complexity index is 842. The van der Waals surface area contributed by atoms with Crippen molar-refractivity contribution in [2.45, 2.75) is 18.9 Å². The fourth-order valence-corrected chi connectivity index (χ4v) is 2.65. The Morgan fingerprint density at radius 2 is 1.55 bits per heavy atom. The summed E-state index contributed by atoms with van der Waals surface area (Å²) < 4.78 is 5.50. The summed E-state index contributed by atoms with van der Waals surface area (Å²) in [6.45, 7) is 0.437. The van der Waals surface area contributed by atoms with Crippen LogP contribution in [-0.2, 0) is 9.59 Å². The number of amides is 3. The molecule has 3 amide bonds. The van der Waals surface area contributed by atoms with Crippen LogP contribution in [0, 0.1) is 0 Å². The maximum absolute atomic E-state index is 12.5. The summed E-state index contributed by atoms with van der Waals surface area (Å²) in [7, 11) is 0. The molecular weight excluding hydrogens is 417 g/mol. The molecule has 2 aromatic rings. The number of hydrogen-bond donors (Lipinski definition) is 3. The molecule has 1 atom stereocenters. The van der Waals surface area contributed by atoms with Gasteiger partial charge in [-0.25, -0.2) is 0 Å². The molecule has 0 bridgehead atoms. The van der Waals surface area contributed by atoms with E-state index >= 15 is 0 Å². The minimum Gasteiger partial charge on any atom is -0.492 e. The second kappa shape index (κ2) is 11.3. The van der Waals surface area contributed by atoms with Gasteiger partial charge in [-0.1, -0.05) is 23.2 Å². The van der Waals surface area contributed by atoms with Crippen molar-refractivity contribution in [3.63, 3.8) is 0 Å². The Hall–Kier alpha value is -2.77. The van der Waals surface area contributed by atoms with Crippen LogP contribution in [0.4, 0.5) is 0 Å². The second-order valence-corrected chi connectivity index (χ2v) is 7.00. The number of benzene rings is 2. The summed E-state index contributed by atoms with van der Waals surface area (Å²) in [6.07, 6.45) is 0.0405. The Labute approximate surface area is 178 Å². The van der Waals surface area contributed by atoms with Crippen LogP contribution in [0.25, 0.3) is 0 Å². The third kappa shape index (κ3) is 8.01. The quantitative estimate of drug-likeness (QED) is 0.495. The minimum atomic E-state index is -0.916. The van der Waals surface area contributed by atoms with Gasteiger partial charge in [0.05, 0.1) is 6.54 Å². The molecule has 0 radical (unpaired) electrons. The van der Waals surface area contributed by atoms with E-state index in [1.165, 1.54) is 0 Å². The van der Waals surface area contributed by atoms with Crippen molar-refractivity contribution in [2.24, 2.45) is 5.73 Å². The fraction of sp³-hybridized carbons (Fsp3) is 0.250. The normalized spacial score (nSPS) is 11.4. The molecule has 0 aliphatic carbocycles. The van der Waals surface area contributed by atoms with Crippen molar-refractivity contribution in [1.82, 2.24) is 10.6 Å². The van der Waals surface area contributed by atoms with Crippen LogP contribution in [0.2, 0.25) is 10.0 Å². The van der Waals surface area contributed by atoms with Gasteiger partial charge in [-0.05, 0) is 55.0 Å². The standard InChI is InChI=1S/C20H21Cl2N3O4/c21-14-3-1-13(2-4-14)19(27)25-17(9-10-18(23)26)20(28)24-11-12-29-16-7-5-15(22)6-8-16/h1-8,17H,9-12H2,(H2,23,26)(H,24,28)(H,25,27). The molecule has 0 aliphatic heterocycles. The first-order chi connectivity index (χ1) is 13.8. The first-order valence-corrected chi connectivity index (χ1v) is 9.61. The van der Waals surface area contributed by atoms with E-state index in [1.54, 1.807) is 48.5 Å². The average molecular weight is 438 g/mol. The maximum atomic E-state index is 12.5. The van der Waals surface area contributed by atoms with E-state index in [2.05, 4.69) is 10.6 Å². The van der Waals surface area contributed by atoms with E-state index in [9.17, 15) is 14.4 Å². The van der Waals surface area contributed by atoms with E-state index in [1.807, 2.05) is 0 Å². The predicted molar refractivity (Wildman–Crippen MR) is 111 cm³/mol. The summed E-state index contributed by atoms with van der Waals surface area (Å²) in [5, 5.41) is 6.38. The number of nitrogens with one attached hydrogen (secondary N) is 2. The molecule has 154 valence electrons. The SMILES string of the molecule is NC(=O)CCC(NC(=O)c1ccc(Cl)cc1)C(=O)NCCOc1ccc(Cl)cc1. The number of carbonyl (C=O) groups excluding carboxylic acids is 3. The molecule has 0 aromatic heterocycles. The van der Waals surface area contributed by atoms with Gasteiger partial charge in [0, 0.05) is 22.0 Å². The fourth-order valence-electron chi connectivity index (χ4n) is 2.40. The number of hydrogen-bond acceptors (Lipinski definition) is 4. The van der Waals surface area contributed by atoms with Crippen LogP contribution >= 0.6 is 23.2 Å². The smallest absolute Gasteiger partial charge is 0.251 e. The maximum Gasteiger partial charge on any atom is 0.251 e. The van der Waals surface area contributed by atoms with E-state index in [0.29, 0.717) is 21.4 Å². The molecular formula is C20H21Cl2N3O4. The highest BCUT2D eigenvalue weighted by Crippen LogP contribution is 2.15. The highest BCUT2D eigenvalue weighted by atomic mass is 35.5. The number of halogens is 2. The molecule has 2 aromatic carbocycles. The van der Waals surface area contributed by atoms with Gasteiger partial charge in [-0.2, -0.15) is 0 Å². The van der Waals surface area contributed by atoms with E-state index in [0.717, 1.165) is 0 Å². The lowest BCUT2D eigenvalue weighted by Crippen LogP contribution is -2.48. The lowest BCUT2D eigenvalue weighted by molar-refractivity contribution is -0.123. The molecule has 9 heteroatoms. The highest BCUT2D eigenvalue weighted by Gasteiger charge is 2.21. The monoisotopic (exact) mass is 437 g/mol. The van der Waals surface area contributed by atoms with Crippen LogP contribution in [0.3, 0.4) is 0 Å². The molecule has 0 fully saturated rings. The van der Waals surface area contributed by atoms with Crippen LogP contribution in [0.5, 0.6) is 5.75 Å². The zero-order chi connectivity index (χ0) is 21.2. The van der Waals surface area contributed by atoms with Gasteiger partial charge in [0.15, 0.2) is 0 Å². The predicted octanol–water partition coefficient (Wildman–Crippen LogP) is 2.55. The van der Waals surface area contributed by atoms with Gasteiger partial charge in [-0.15, -0.1) is 0 Å². The summed E-state index contributed by atoms with van der Waals surface area (Å²) in [4.78, 5) is 35.9. The lowest BCUT2D eigenvalue weighted by Gasteiger charge is -2.18. The molecule has 1 unspecified atom stereocenters. The first-order valence-electron chi connectivity index (χ1n) is 8.86. The molecule has 0 saturated heterocycles. The molecule has 29 heavy (non-hydrogen) atoms. The average Bonchev–Trinajstić information content (AvgIpc) is 2.69. The van der Waals surface area contributed by atoms with E-state index < -0.39 is 23.8 Å². The lowest BCUT2D eigenvalue weighted by atomic mass is 10.1. The third-order valence-corrected chi connectivity index (χ3v) is 4.40. The summed E-state index contributed by atoms with van der Waals surface area (Å²) in [5.41, 5.74) is 5.51. The van der Waals surface area contributed by atoms with Gasteiger partial charge < -0.3 is 21.1 Å². The van der Waals surface area contributed by atoms with Crippen molar-refractivity contribution in [3.8, 4) is 5.75 Å². The Morgan fingerprint density at radius 1 is 0.966 bits per heavy atom. The Kier molecular flexibility index (Phi) is 8.76. The van der Waals surface area contributed by atoms with E-state index in [4.69, 9.17) is 33.7 Å². The molecule has 0 aliphatic rings. The van der Waals surface area contributed by atoms with Crippen molar-refractivity contribution in [2.75, 3.05) is 13.2 Å².